The normalized spacial score (nSPS) is 11.6. The summed E-state index contributed by atoms with van der Waals surface area (Å²) >= 11 is 1.88. The van der Waals surface area contributed by atoms with Crippen molar-refractivity contribution >= 4 is 53.3 Å². The molecule has 0 N–H and O–H groups in total. The largest absolute Gasteiger partial charge is 0.309 e. The van der Waals surface area contributed by atoms with E-state index < -0.39 is 0 Å². The summed E-state index contributed by atoms with van der Waals surface area (Å²) in [4.78, 5) is 15.3. The monoisotopic (exact) mass is 746 g/mol. The van der Waals surface area contributed by atoms with E-state index in [2.05, 4.69) is 162 Å². The number of aromatic nitrogens is 4. The van der Waals surface area contributed by atoms with E-state index in [4.69, 9.17) is 15.0 Å². The van der Waals surface area contributed by atoms with Crippen LogP contribution >= 0.6 is 11.3 Å². The second-order valence-corrected chi connectivity index (χ2v) is 15.4. The van der Waals surface area contributed by atoms with Gasteiger partial charge in [0.05, 0.1) is 11.0 Å². The van der Waals surface area contributed by atoms with Crippen LogP contribution in [-0.2, 0) is 6.42 Å². The van der Waals surface area contributed by atoms with E-state index in [1.807, 2.05) is 47.7 Å². The van der Waals surface area contributed by atoms with Gasteiger partial charge in [-0.05, 0) is 58.1 Å². The Morgan fingerprint density at radius 3 is 1.70 bits per heavy atom. The van der Waals surface area contributed by atoms with Gasteiger partial charge in [-0.3, -0.25) is 0 Å². The molecule has 0 fully saturated rings. The third-order valence-electron chi connectivity index (χ3n) is 10.9. The molecule has 8 aromatic carbocycles. The average molecular weight is 747 g/mol. The first-order valence-corrected chi connectivity index (χ1v) is 20.1. The molecule has 0 aliphatic rings. The zero-order valence-corrected chi connectivity index (χ0v) is 31.7. The van der Waals surface area contributed by atoms with Crippen LogP contribution in [0.2, 0.25) is 0 Å². The van der Waals surface area contributed by atoms with Gasteiger partial charge in [-0.25, -0.2) is 15.0 Å². The van der Waals surface area contributed by atoms with E-state index in [1.165, 1.54) is 58.7 Å². The maximum atomic E-state index is 5.17. The van der Waals surface area contributed by atoms with Gasteiger partial charge in [-0.15, -0.1) is 11.3 Å². The third-order valence-corrected chi connectivity index (χ3v) is 12.1. The number of rotatable bonds is 7. The molecule has 0 saturated carbocycles. The number of para-hydroxylation sites is 1. The number of nitrogens with zero attached hydrogens (tertiary/aromatic N) is 4. The van der Waals surface area contributed by atoms with Crippen LogP contribution < -0.4 is 0 Å². The molecule has 268 valence electrons. The molecule has 0 unspecified atom stereocenters. The predicted molar refractivity (Wildman–Crippen MR) is 238 cm³/mol. The van der Waals surface area contributed by atoms with Crippen LogP contribution in [0.3, 0.4) is 0 Å². The minimum Gasteiger partial charge on any atom is -0.309 e. The standard InChI is InChI=1S/C52H34N4S/c1-4-16-34(17-5-1)39-22-10-11-23-40(39)37-28-30-44(38(32-37)33-48-53-51(35-18-6-2-7-19-35)55-52(54-48)36-20-8-3-9-21-36)56-45-26-14-12-25-43(45)49-46(56)31-29-42-41-24-13-15-27-47(41)57-50(42)49/h1-32H,33H2. The molecule has 0 aliphatic heterocycles. The second kappa shape index (κ2) is 13.8. The lowest BCUT2D eigenvalue weighted by Gasteiger charge is -2.17. The highest BCUT2D eigenvalue weighted by atomic mass is 32.1. The van der Waals surface area contributed by atoms with E-state index in [1.54, 1.807) is 0 Å². The van der Waals surface area contributed by atoms with Gasteiger partial charge in [-0.2, -0.15) is 0 Å². The zero-order chi connectivity index (χ0) is 37.7. The Bertz CT molecular complexity index is 3200. The van der Waals surface area contributed by atoms with Crippen molar-refractivity contribution in [2.24, 2.45) is 0 Å². The van der Waals surface area contributed by atoms with Crippen molar-refractivity contribution in [2.75, 3.05) is 0 Å². The SMILES string of the molecule is c1ccc(-c2nc(Cc3cc(-c4ccccc4-c4ccccc4)ccc3-n3c4ccccc4c4c5sc6ccccc6c5ccc43)nc(-c3ccccc3)n2)cc1. The predicted octanol–water partition coefficient (Wildman–Crippen LogP) is 13.6. The van der Waals surface area contributed by atoms with Crippen LogP contribution in [0.1, 0.15) is 11.4 Å². The van der Waals surface area contributed by atoms with Crippen molar-refractivity contribution in [2.45, 2.75) is 6.42 Å². The Kier molecular flexibility index (Phi) is 8.04. The van der Waals surface area contributed by atoms with Crippen molar-refractivity contribution < 1.29 is 0 Å². The van der Waals surface area contributed by atoms with Crippen molar-refractivity contribution in [3.8, 4) is 50.7 Å². The Balaban J connectivity index is 1.17. The fourth-order valence-corrected chi connectivity index (χ4v) is 9.57. The van der Waals surface area contributed by atoms with Crippen LogP contribution in [0, 0.1) is 0 Å². The summed E-state index contributed by atoms with van der Waals surface area (Å²) in [5, 5.41) is 5.13. The molecule has 11 rings (SSSR count). The quantitative estimate of drug-likeness (QED) is 0.163. The second-order valence-electron chi connectivity index (χ2n) is 14.3. The summed E-state index contributed by atoms with van der Waals surface area (Å²) in [6, 6.07) is 68.9. The van der Waals surface area contributed by atoms with Gasteiger partial charge in [-0.1, -0.05) is 164 Å². The van der Waals surface area contributed by atoms with Crippen molar-refractivity contribution in [3.63, 3.8) is 0 Å². The molecule has 4 nitrogen and oxygen atoms in total. The van der Waals surface area contributed by atoms with Gasteiger partial charge in [0.15, 0.2) is 11.6 Å². The lowest BCUT2D eigenvalue weighted by atomic mass is 9.92. The average Bonchev–Trinajstić information content (AvgIpc) is 3.83. The van der Waals surface area contributed by atoms with Crippen molar-refractivity contribution in [1.82, 2.24) is 19.5 Å². The molecular weight excluding hydrogens is 713 g/mol. The highest BCUT2D eigenvalue weighted by Gasteiger charge is 2.21. The van der Waals surface area contributed by atoms with Gasteiger partial charge < -0.3 is 4.57 Å². The number of thiophene rings is 1. The molecule has 5 heteroatoms. The third kappa shape index (κ3) is 5.79. The van der Waals surface area contributed by atoms with E-state index in [9.17, 15) is 0 Å². The topological polar surface area (TPSA) is 43.6 Å². The van der Waals surface area contributed by atoms with Gasteiger partial charge in [0, 0.05) is 54.2 Å². The Morgan fingerprint density at radius 1 is 0.421 bits per heavy atom. The Hall–Kier alpha value is -7.21. The molecule has 57 heavy (non-hydrogen) atoms. The van der Waals surface area contributed by atoms with E-state index in [0.29, 0.717) is 23.9 Å². The van der Waals surface area contributed by atoms with Crippen LogP contribution in [0.15, 0.2) is 194 Å². The molecule has 3 heterocycles. The van der Waals surface area contributed by atoms with Crippen molar-refractivity contribution in [1.29, 1.82) is 0 Å². The molecule has 0 amide bonds. The Morgan fingerprint density at radius 2 is 1.00 bits per heavy atom. The summed E-state index contributed by atoms with van der Waals surface area (Å²) in [7, 11) is 0. The minimum atomic E-state index is 0.498. The first-order valence-electron chi connectivity index (χ1n) is 19.2. The van der Waals surface area contributed by atoms with Crippen LogP contribution in [0.25, 0.3) is 92.7 Å². The Labute approximate surface area is 334 Å². The van der Waals surface area contributed by atoms with Crippen LogP contribution in [-0.4, -0.2) is 19.5 Å². The molecule has 0 spiro atoms. The summed E-state index contributed by atoms with van der Waals surface area (Å²) in [6.45, 7) is 0. The highest BCUT2D eigenvalue weighted by Crippen LogP contribution is 2.44. The maximum absolute atomic E-state index is 5.17. The molecule has 0 radical (unpaired) electrons. The lowest BCUT2D eigenvalue weighted by molar-refractivity contribution is 0.925. The molecule has 0 atom stereocenters. The minimum absolute atomic E-state index is 0.498. The smallest absolute Gasteiger partial charge is 0.163 e. The summed E-state index contributed by atoms with van der Waals surface area (Å²) in [5.41, 5.74) is 11.2. The first-order chi connectivity index (χ1) is 28.3. The van der Waals surface area contributed by atoms with E-state index in [0.717, 1.165) is 27.9 Å². The molecule has 0 saturated heterocycles. The van der Waals surface area contributed by atoms with Crippen molar-refractivity contribution in [3.05, 3.63) is 206 Å². The molecular formula is C52H34N4S. The number of fused-ring (bicyclic) bond motifs is 7. The van der Waals surface area contributed by atoms with Gasteiger partial charge in [0.1, 0.15) is 5.82 Å². The number of hydrogen-bond acceptors (Lipinski definition) is 4. The van der Waals surface area contributed by atoms with Gasteiger partial charge in [0.2, 0.25) is 0 Å². The summed E-state index contributed by atoms with van der Waals surface area (Å²) in [5.74, 6) is 2.04. The van der Waals surface area contributed by atoms with Crippen LogP contribution in [0.4, 0.5) is 0 Å². The fraction of sp³-hybridized carbons (Fsp3) is 0.0192. The molecule has 3 aromatic heterocycles. The zero-order valence-electron chi connectivity index (χ0n) is 30.9. The highest BCUT2D eigenvalue weighted by molar-refractivity contribution is 7.26. The fourth-order valence-electron chi connectivity index (χ4n) is 8.31. The van der Waals surface area contributed by atoms with E-state index >= 15 is 0 Å². The summed E-state index contributed by atoms with van der Waals surface area (Å²) < 4.78 is 5.07. The number of benzene rings is 8. The maximum Gasteiger partial charge on any atom is 0.163 e. The number of hydrogen-bond donors (Lipinski definition) is 0. The van der Waals surface area contributed by atoms with Gasteiger partial charge in [0.25, 0.3) is 0 Å². The van der Waals surface area contributed by atoms with E-state index in [-0.39, 0.29) is 0 Å². The van der Waals surface area contributed by atoms with Crippen LogP contribution in [0.5, 0.6) is 0 Å². The molecule has 0 bridgehead atoms. The molecule has 11 aromatic rings. The molecule has 0 aliphatic carbocycles. The van der Waals surface area contributed by atoms with Gasteiger partial charge >= 0.3 is 0 Å². The lowest BCUT2D eigenvalue weighted by Crippen LogP contribution is -2.07. The first kappa shape index (κ1) is 33.2. The summed E-state index contributed by atoms with van der Waals surface area (Å²) in [6.07, 6.45) is 0.498.